The van der Waals surface area contributed by atoms with Crippen LogP contribution in [0.25, 0.3) is 10.2 Å². The fraction of sp³-hybridized carbons (Fsp3) is 0.188. The van der Waals surface area contributed by atoms with Crippen LogP contribution >= 0.6 is 34.7 Å². The van der Waals surface area contributed by atoms with Gasteiger partial charge in [0.15, 0.2) is 4.34 Å². The third-order valence-electron chi connectivity index (χ3n) is 3.15. The van der Waals surface area contributed by atoms with E-state index in [1.807, 2.05) is 30.3 Å². The Balaban J connectivity index is 1.83. The van der Waals surface area contributed by atoms with Crippen molar-refractivity contribution in [3.8, 4) is 0 Å². The molecule has 0 bridgehead atoms. The summed E-state index contributed by atoms with van der Waals surface area (Å²) in [5, 5.41) is 22.2. The molecule has 3 N–H and O–H groups in total. The molecule has 0 aliphatic carbocycles. The van der Waals surface area contributed by atoms with Gasteiger partial charge < -0.3 is 15.5 Å². The maximum Gasteiger partial charge on any atom is 0.155 e. The van der Waals surface area contributed by atoms with Gasteiger partial charge in [-0.25, -0.2) is 4.98 Å². The molecule has 1 aromatic heterocycles. The summed E-state index contributed by atoms with van der Waals surface area (Å²) in [4.78, 5) is 5.59. The number of aromatic nitrogens is 1. The lowest BCUT2D eigenvalue weighted by atomic mass is 10.3. The number of benzene rings is 2. The molecule has 0 radical (unpaired) electrons. The van der Waals surface area contributed by atoms with Crippen molar-refractivity contribution in [2.75, 3.05) is 18.5 Å². The van der Waals surface area contributed by atoms with Crippen LogP contribution in [-0.4, -0.2) is 34.5 Å². The first kappa shape index (κ1) is 16.5. The van der Waals surface area contributed by atoms with E-state index in [0.29, 0.717) is 5.02 Å². The Bertz CT molecular complexity index is 777. The van der Waals surface area contributed by atoms with Crippen molar-refractivity contribution in [1.29, 1.82) is 0 Å². The number of aliphatic hydroxyl groups excluding tert-OH is 2. The maximum absolute atomic E-state index is 9.50. The lowest BCUT2D eigenvalue weighted by molar-refractivity contribution is 0.105. The number of hydrogen-bond donors (Lipinski definition) is 3. The van der Waals surface area contributed by atoms with Gasteiger partial charge in [-0.15, -0.1) is 11.3 Å². The largest absolute Gasteiger partial charge is 0.394 e. The molecule has 2 aromatic carbocycles. The van der Waals surface area contributed by atoms with Crippen LogP contribution in [0.1, 0.15) is 0 Å². The number of nitrogens with one attached hydrogen (secondary N) is 1. The minimum absolute atomic E-state index is 0.254. The van der Waals surface area contributed by atoms with Crippen LogP contribution < -0.4 is 5.32 Å². The number of para-hydroxylation sites is 1. The van der Waals surface area contributed by atoms with Gasteiger partial charge in [-0.1, -0.05) is 35.5 Å². The highest BCUT2D eigenvalue weighted by atomic mass is 35.5. The quantitative estimate of drug-likeness (QED) is 0.618. The first-order valence-corrected chi connectivity index (χ1v) is 9.02. The maximum atomic E-state index is 9.50. The highest BCUT2D eigenvalue weighted by Crippen LogP contribution is 2.38. The second-order valence-corrected chi connectivity index (χ2v) is 7.66. The van der Waals surface area contributed by atoms with Crippen LogP contribution in [0.2, 0.25) is 5.02 Å². The lowest BCUT2D eigenvalue weighted by Gasteiger charge is -2.13. The van der Waals surface area contributed by atoms with Crippen LogP contribution in [0, 0.1) is 0 Å². The molecule has 0 amide bonds. The van der Waals surface area contributed by atoms with Gasteiger partial charge in [0, 0.05) is 22.2 Å². The molecule has 0 aliphatic heterocycles. The normalized spacial score (nSPS) is 12.5. The van der Waals surface area contributed by atoms with E-state index in [1.54, 1.807) is 29.2 Å². The molecule has 3 aromatic rings. The minimum Gasteiger partial charge on any atom is -0.394 e. The highest BCUT2D eigenvalue weighted by molar-refractivity contribution is 8.01. The second-order valence-electron chi connectivity index (χ2n) is 4.91. The number of nitrogens with zero attached hydrogens (tertiary/aromatic N) is 1. The number of hydrogen-bond acceptors (Lipinski definition) is 6. The van der Waals surface area contributed by atoms with Gasteiger partial charge in [0.25, 0.3) is 0 Å². The predicted octanol–water partition coefficient (Wildman–Crippen LogP) is 3.87. The summed E-state index contributed by atoms with van der Waals surface area (Å²) >= 11 is 9.24. The van der Waals surface area contributed by atoms with Crippen LogP contribution in [-0.2, 0) is 0 Å². The average molecular weight is 367 g/mol. The fourth-order valence-corrected chi connectivity index (χ4v) is 4.29. The van der Waals surface area contributed by atoms with Gasteiger partial charge in [-0.2, -0.15) is 0 Å². The van der Waals surface area contributed by atoms with E-state index < -0.39 is 6.10 Å². The van der Waals surface area contributed by atoms with Crippen molar-refractivity contribution in [3.63, 3.8) is 0 Å². The number of rotatable bonds is 6. The standard InChI is InChI=1S/C16H15ClN2O2S2/c17-10-5-6-15(13(7-10)18-8-11(21)9-20)23-16-19-12-3-1-2-4-14(12)22-16/h1-7,11,18,20-21H,8-9H2. The van der Waals surface area contributed by atoms with Crippen molar-refractivity contribution in [1.82, 2.24) is 4.98 Å². The molecule has 120 valence electrons. The van der Waals surface area contributed by atoms with E-state index in [0.717, 1.165) is 25.1 Å². The van der Waals surface area contributed by atoms with Crippen LogP contribution in [0.15, 0.2) is 51.7 Å². The summed E-state index contributed by atoms with van der Waals surface area (Å²) in [5.74, 6) is 0. The molecule has 1 heterocycles. The zero-order valence-corrected chi connectivity index (χ0v) is 14.5. The fourth-order valence-electron chi connectivity index (χ4n) is 2.01. The van der Waals surface area contributed by atoms with E-state index in [4.69, 9.17) is 16.7 Å². The Kier molecular flexibility index (Phi) is 5.40. The van der Waals surface area contributed by atoms with E-state index in [-0.39, 0.29) is 13.2 Å². The number of fused-ring (bicyclic) bond motifs is 1. The summed E-state index contributed by atoms with van der Waals surface area (Å²) in [6.45, 7) is -0.0296. The molecule has 3 rings (SSSR count). The SMILES string of the molecule is OCC(O)CNc1cc(Cl)ccc1Sc1nc2ccccc2s1. The molecule has 0 fully saturated rings. The smallest absolute Gasteiger partial charge is 0.155 e. The summed E-state index contributed by atoms with van der Waals surface area (Å²) in [6, 6.07) is 13.6. The molecule has 0 spiro atoms. The van der Waals surface area contributed by atoms with Gasteiger partial charge in [-0.05, 0) is 30.3 Å². The Morgan fingerprint density at radius 2 is 2.09 bits per heavy atom. The monoisotopic (exact) mass is 366 g/mol. The van der Waals surface area contributed by atoms with Crippen molar-refractivity contribution in [2.24, 2.45) is 0 Å². The van der Waals surface area contributed by atoms with Gasteiger partial charge in [0.1, 0.15) is 0 Å². The first-order valence-electron chi connectivity index (χ1n) is 7.01. The van der Waals surface area contributed by atoms with Gasteiger partial charge >= 0.3 is 0 Å². The molecule has 7 heteroatoms. The van der Waals surface area contributed by atoms with Crippen LogP contribution in [0.4, 0.5) is 5.69 Å². The van der Waals surface area contributed by atoms with Gasteiger partial charge in [0.2, 0.25) is 0 Å². The molecule has 1 atom stereocenters. The molecular formula is C16H15ClN2O2S2. The zero-order chi connectivity index (χ0) is 16.2. The topological polar surface area (TPSA) is 65.4 Å². The lowest BCUT2D eigenvalue weighted by Crippen LogP contribution is -2.23. The third kappa shape index (κ3) is 4.16. The predicted molar refractivity (Wildman–Crippen MR) is 96.8 cm³/mol. The number of aliphatic hydroxyl groups is 2. The second kappa shape index (κ2) is 7.51. The molecule has 1 unspecified atom stereocenters. The van der Waals surface area contributed by atoms with E-state index >= 15 is 0 Å². The highest BCUT2D eigenvalue weighted by Gasteiger charge is 2.11. The third-order valence-corrected chi connectivity index (χ3v) is 5.56. The van der Waals surface area contributed by atoms with Crippen LogP contribution in [0.3, 0.4) is 0 Å². The number of thiazole rings is 1. The molecule has 0 saturated heterocycles. The zero-order valence-electron chi connectivity index (χ0n) is 12.1. The number of anilines is 1. The summed E-state index contributed by atoms with van der Waals surface area (Å²) in [7, 11) is 0. The Hall–Kier alpha value is -1.31. The van der Waals surface area contributed by atoms with Crippen molar-refractivity contribution >= 4 is 50.6 Å². The van der Waals surface area contributed by atoms with E-state index in [1.165, 1.54) is 0 Å². The molecule has 23 heavy (non-hydrogen) atoms. The Morgan fingerprint density at radius 3 is 2.87 bits per heavy atom. The van der Waals surface area contributed by atoms with Gasteiger partial charge in [-0.3, -0.25) is 0 Å². The molecule has 4 nitrogen and oxygen atoms in total. The van der Waals surface area contributed by atoms with E-state index in [9.17, 15) is 5.11 Å². The van der Waals surface area contributed by atoms with Crippen LogP contribution in [0.5, 0.6) is 0 Å². The molecular weight excluding hydrogens is 352 g/mol. The molecule has 0 saturated carbocycles. The Morgan fingerprint density at radius 1 is 1.26 bits per heavy atom. The first-order chi connectivity index (χ1) is 11.2. The molecule has 0 aliphatic rings. The Labute approximate surface area is 147 Å². The summed E-state index contributed by atoms with van der Waals surface area (Å²) in [5.41, 5.74) is 1.80. The number of halogens is 1. The summed E-state index contributed by atoms with van der Waals surface area (Å²) < 4.78 is 2.09. The summed E-state index contributed by atoms with van der Waals surface area (Å²) in [6.07, 6.45) is -0.811. The van der Waals surface area contributed by atoms with Crippen molar-refractivity contribution < 1.29 is 10.2 Å². The average Bonchev–Trinajstić information content (AvgIpc) is 2.97. The van der Waals surface area contributed by atoms with E-state index in [2.05, 4.69) is 16.4 Å². The van der Waals surface area contributed by atoms with Crippen molar-refractivity contribution in [3.05, 3.63) is 47.5 Å². The van der Waals surface area contributed by atoms with Crippen molar-refractivity contribution in [2.45, 2.75) is 15.3 Å². The van der Waals surface area contributed by atoms with Gasteiger partial charge in [0.05, 0.1) is 22.9 Å². The minimum atomic E-state index is -0.811.